The first kappa shape index (κ1) is 25.2. The van der Waals surface area contributed by atoms with Crippen LogP contribution in [-0.2, 0) is 19.4 Å². The first-order chi connectivity index (χ1) is 15.4. The molecular weight excluding hydrogens is 470 g/mol. The van der Waals surface area contributed by atoms with Crippen LogP contribution in [0, 0.1) is 0 Å². The highest BCUT2D eigenvalue weighted by atomic mass is 32.2. The number of fused-ring (bicyclic) bond motifs is 1. The number of nitrogens with zero attached hydrogens (tertiary/aromatic N) is 2. The molecule has 2 aliphatic heterocycles. The van der Waals surface area contributed by atoms with Gasteiger partial charge in [-0.2, -0.15) is 4.99 Å². The highest BCUT2D eigenvalue weighted by molar-refractivity contribution is 8.16. The number of alkyl carbamates (subject to hydrolysis) is 1. The van der Waals surface area contributed by atoms with Crippen LogP contribution in [0.15, 0.2) is 23.2 Å². The van der Waals surface area contributed by atoms with Crippen LogP contribution in [0.1, 0.15) is 27.2 Å². The fraction of sp³-hybridized carbons (Fsp3) is 0.571. The van der Waals surface area contributed by atoms with Crippen LogP contribution in [-0.4, -0.2) is 74.7 Å². The van der Waals surface area contributed by atoms with Gasteiger partial charge in [-0.05, 0) is 32.9 Å². The molecule has 182 valence electrons. The highest BCUT2D eigenvalue weighted by Crippen LogP contribution is 2.45. The molecule has 1 aromatic carbocycles. The van der Waals surface area contributed by atoms with Crippen molar-refractivity contribution in [2.45, 2.75) is 44.1 Å². The normalized spacial score (nSPS) is 22.7. The predicted octanol–water partition coefficient (Wildman–Crippen LogP) is 2.22. The molecule has 12 heteroatoms. The summed E-state index contributed by atoms with van der Waals surface area (Å²) in [5.41, 5.74) is -0.0594. The molecule has 2 aliphatic rings. The zero-order valence-corrected chi connectivity index (χ0v) is 20.9. The van der Waals surface area contributed by atoms with Gasteiger partial charge in [-0.25, -0.2) is 13.2 Å². The Kier molecular flexibility index (Phi) is 7.47. The summed E-state index contributed by atoms with van der Waals surface area (Å²) >= 11 is 1.26. The summed E-state index contributed by atoms with van der Waals surface area (Å²) in [5, 5.41) is 2.68. The number of thioether (sulfide) groups is 1. The van der Waals surface area contributed by atoms with E-state index in [0.717, 1.165) is 0 Å². The summed E-state index contributed by atoms with van der Waals surface area (Å²) in [5.74, 6) is 0.598. The number of ether oxygens (including phenoxy) is 3. The maximum atomic E-state index is 12.6. The molecule has 0 saturated carbocycles. The van der Waals surface area contributed by atoms with Gasteiger partial charge in [0.25, 0.3) is 0 Å². The van der Waals surface area contributed by atoms with Gasteiger partial charge in [0, 0.05) is 24.3 Å². The summed E-state index contributed by atoms with van der Waals surface area (Å²) in [7, 11) is -0.162. The molecule has 0 aromatic heterocycles. The number of anilines is 1. The van der Waals surface area contributed by atoms with E-state index in [0.29, 0.717) is 22.4 Å². The van der Waals surface area contributed by atoms with E-state index < -0.39 is 27.4 Å². The number of hydrogen-bond donors (Lipinski definition) is 1. The van der Waals surface area contributed by atoms with Gasteiger partial charge < -0.3 is 24.4 Å². The lowest BCUT2D eigenvalue weighted by Crippen LogP contribution is -2.38. The number of aliphatic imine (C=N–C) groups is 1. The lowest BCUT2D eigenvalue weighted by Gasteiger charge is -2.26. The van der Waals surface area contributed by atoms with E-state index in [2.05, 4.69) is 10.3 Å². The second-order valence-electron chi connectivity index (χ2n) is 8.68. The minimum absolute atomic E-state index is 0.0124. The molecule has 1 N–H and O–H groups in total. The maximum absolute atomic E-state index is 12.6. The number of carbonyl (C=O) groups excluding carboxylic acids is 2. The minimum Gasteiger partial charge on any atom is -0.497 e. The van der Waals surface area contributed by atoms with Gasteiger partial charge in [-0.15, -0.1) is 0 Å². The molecule has 0 unspecified atom stereocenters. The smallest absolute Gasteiger partial charge is 0.407 e. The van der Waals surface area contributed by atoms with Gasteiger partial charge in [-0.3, -0.25) is 4.79 Å². The number of methoxy groups -OCH3 is 2. The van der Waals surface area contributed by atoms with Crippen molar-refractivity contribution in [3.05, 3.63) is 18.2 Å². The third-order valence-electron chi connectivity index (χ3n) is 4.94. The molecular formula is C21H29N3O7S2. The van der Waals surface area contributed by atoms with Crippen LogP contribution in [0.25, 0.3) is 0 Å². The zero-order valence-electron chi connectivity index (χ0n) is 19.3. The average molecular weight is 500 g/mol. The van der Waals surface area contributed by atoms with Gasteiger partial charge in [0.2, 0.25) is 5.91 Å². The lowest BCUT2D eigenvalue weighted by molar-refractivity contribution is -0.117. The van der Waals surface area contributed by atoms with Gasteiger partial charge in [0.05, 0.1) is 37.5 Å². The van der Waals surface area contributed by atoms with E-state index in [1.165, 1.54) is 26.0 Å². The van der Waals surface area contributed by atoms with Crippen molar-refractivity contribution in [1.29, 1.82) is 0 Å². The third-order valence-corrected chi connectivity index (χ3v) is 8.15. The van der Waals surface area contributed by atoms with Gasteiger partial charge in [-0.1, -0.05) is 11.8 Å². The number of rotatable bonds is 6. The van der Waals surface area contributed by atoms with E-state index in [1.54, 1.807) is 43.9 Å². The summed E-state index contributed by atoms with van der Waals surface area (Å²) in [6.07, 6.45) is -0.638. The Bertz CT molecular complexity index is 1050. The topological polar surface area (TPSA) is 124 Å². The van der Waals surface area contributed by atoms with Gasteiger partial charge in [0.1, 0.15) is 17.1 Å². The fourth-order valence-corrected chi connectivity index (χ4v) is 7.50. The summed E-state index contributed by atoms with van der Waals surface area (Å²) in [6, 6.07) is 4.81. The van der Waals surface area contributed by atoms with E-state index >= 15 is 0 Å². The van der Waals surface area contributed by atoms with Crippen molar-refractivity contribution in [3.8, 4) is 11.5 Å². The van der Waals surface area contributed by atoms with E-state index in [9.17, 15) is 18.0 Å². The molecule has 2 atom stereocenters. The Balaban J connectivity index is 1.81. The molecule has 1 aromatic rings. The van der Waals surface area contributed by atoms with E-state index in [-0.39, 0.29) is 35.8 Å². The fourth-order valence-electron chi connectivity index (χ4n) is 3.58. The Morgan fingerprint density at radius 3 is 2.58 bits per heavy atom. The quantitative estimate of drug-likeness (QED) is 0.627. The SMILES string of the molecule is COc1ccc(OC)c(N2C(=NC(=O)CCNC(=O)OC(C)(C)C)S[C@H]3CS(=O)(=O)C[C@@H]32)c1. The summed E-state index contributed by atoms with van der Waals surface area (Å²) in [4.78, 5) is 30.3. The average Bonchev–Trinajstić information content (AvgIpc) is 3.16. The van der Waals surface area contributed by atoms with Crippen LogP contribution in [0.5, 0.6) is 11.5 Å². The molecule has 2 heterocycles. The number of nitrogens with one attached hydrogen (secondary N) is 1. The molecule has 33 heavy (non-hydrogen) atoms. The van der Waals surface area contributed by atoms with E-state index in [4.69, 9.17) is 14.2 Å². The van der Waals surface area contributed by atoms with Crippen molar-refractivity contribution in [3.63, 3.8) is 0 Å². The van der Waals surface area contributed by atoms with Crippen LogP contribution in [0.4, 0.5) is 10.5 Å². The van der Waals surface area contributed by atoms with E-state index in [1.807, 2.05) is 0 Å². The van der Waals surface area contributed by atoms with Crippen molar-refractivity contribution in [2.24, 2.45) is 4.99 Å². The Labute approximate surface area is 198 Å². The third kappa shape index (κ3) is 6.32. The second kappa shape index (κ2) is 9.80. The maximum Gasteiger partial charge on any atom is 0.407 e. The molecule has 10 nitrogen and oxygen atoms in total. The molecule has 2 fully saturated rings. The molecule has 2 amide bonds. The van der Waals surface area contributed by atoms with Crippen molar-refractivity contribution in [1.82, 2.24) is 5.32 Å². The summed E-state index contributed by atoms with van der Waals surface area (Å²) < 4.78 is 40.5. The molecule has 2 saturated heterocycles. The Morgan fingerprint density at radius 1 is 1.21 bits per heavy atom. The van der Waals surface area contributed by atoms with Crippen LogP contribution in [0.2, 0.25) is 0 Å². The molecule has 0 radical (unpaired) electrons. The number of hydrogen-bond acceptors (Lipinski definition) is 8. The summed E-state index contributed by atoms with van der Waals surface area (Å²) in [6.45, 7) is 5.32. The van der Waals surface area contributed by atoms with Crippen LogP contribution < -0.4 is 19.7 Å². The molecule has 0 aliphatic carbocycles. The van der Waals surface area contributed by atoms with Crippen molar-refractivity contribution >= 4 is 44.5 Å². The molecule has 0 bridgehead atoms. The number of benzene rings is 1. The molecule has 3 rings (SSSR count). The van der Waals surface area contributed by atoms with Crippen LogP contribution >= 0.6 is 11.8 Å². The Morgan fingerprint density at radius 2 is 1.94 bits per heavy atom. The van der Waals surface area contributed by atoms with Gasteiger partial charge in [0.15, 0.2) is 15.0 Å². The number of amides is 2. The minimum atomic E-state index is -3.21. The molecule has 0 spiro atoms. The predicted molar refractivity (Wildman–Crippen MR) is 127 cm³/mol. The van der Waals surface area contributed by atoms with Gasteiger partial charge >= 0.3 is 6.09 Å². The first-order valence-corrected chi connectivity index (χ1v) is 13.1. The Hall–Kier alpha value is -2.47. The van der Waals surface area contributed by atoms with Crippen molar-refractivity contribution < 1.29 is 32.2 Å². The lowest BCUT2D eigenvalue weighted by atomic mass is 10.2. The largest absolute Gasteiger partial charge is 0.497 e. The number of carbonyl (C=O) groups is 2. The standard InChI is InChI=1S/C21H29N3O7S2/c1-21(2,3)31-20(26)22-9-8-18(25)23-19-24(15-11-33(27,28)12-17(15)32-19)14-10-13(29-4)6-7-16(14)30-5/h6-7,10,15,17H,8-9,11-12H2,1-5H3,(H,22,26)/t15-,17-/m0/s1. The monoisotopic (exact) mass is 499 g/mol. The highest BCUT2D eigenvalue weighted by Gasteiger charge is 2.50. The zero-order chi connectivity index (χ0) is 24.4. The number of amidine groups is 1. The van der Waals surface area contributed by atoms with Crippen molar-refractivity contribution in [2.75, 3.05) is 37.2 Å². The second-order valence-corrected chi connectivity index (χ2v) is 12.0. The number of sulfone groups is 1. The first-order valence-electron chi connectivity index (χ1n) is 10.4. The van der Waals surface area contributed by atoms with Crippen LogP contribution in [0.3, 0.4) is 0 Å².